The Kier molecular flexibility index (Phi) is 2.89. The van der Waals surface area contributed by atoms with Gasteiger partial charge in [-0.25, -0.2) is 4.98 Å². The van der Waals surface area contributed by atoms with Crippen molar-refractivity contribution in [2.75, 3.05) is 13.6 Å². The summed E-state index contributed by atoms with van der Waals surface area (Å²) in [7, 11) is 2.20. The van der Waals surface area contributed by atoms with E-state index in [4.69, 9.17) is 4.98 Å². The van der Waals surface area contributed by atoms with Crippen molar-refractivity contribution in [1.29, 1.82) is 0 Å². The van der Waals surface area contributed by atoms with Crippen LogP contribution >= 0.6 is 0 Å². The van der Waals surface area contributed by atoms with Crippen LogP contribution < -0.4 is 5.56 Å². The lowest BCUT2D eigenvalue weighted by Crippen LogP contribution is -2.47. The van der Waals surface area contributed by atoms with Crippen molar-refractivity contribution in [3.63, 3.8) is 0 Å². The fourth-order valence-corrected chi connectivity index (χ4v) is 4.16. The quantitative estimate of drug-likeness (QED) is 0.744. The zero-order chi connectivity index (χ0) is 14.6. The Hall–Kier alpha value is -1.68. The van der Waals surface area contributed by atoms with Gasteiger partial charge in [-0.1, -0.05) is 12.1 Å². The molecule has 1 aromatic carbocycles. The smallest absolute Gasteiger partial charge is 0.261 e. The van der Waals surface area contributed by atoms with Crippen LogP contribution in [0.4, 0.5) is 0 Å². The summed E-state index contributed by atoms with van der Waals surface area (Å²) in [5.74, 6) is 1.43. The zero-order valence-corrected chi connectivity index (χ0v) is 12.7. The molecule has 0 aliphatic carbocycles. The van der Waals surface area contributed by atoms with E-state index in [1.165, 1.54) is 6.42 Å². The summed E-state index contributed by atoms with van der Waals surface area (Å²) in [6, 6.07) is 6.51. The molecule has 0 radical (unpaired) electrons. The minimum Gasteiger partial charge on any atom is -0.303 e. The Morgan fingerprint density at radius 1 is 1.24 bits per heavy atom. The van der Waals surface area contributed by atoms with Crippen molar-refractivity contribution < 1.29 is 0 Å². The van der Waals surface area contributed by atoms with E-state index in [9.17, 15) is 4.79 Å². The Morgan fingerprint density at radius 2 is 2.10 bits per heavy atom. The second-order valence-electron chi connectivity index (χ2n) is 6.48. The molecule has 2 aliphatic rings. The van der Waals surface area contributed by atoms with E-state index in [0.717, 1.165) is 48.2 Å². The molecule has 1 saturated heterocycles. The third-order valence-corrected chi connectivity index (χ3v) is 5.26. The van der Waals surface area contributed by atoms with Gasteiger partial charge in [-0.05, 0) is 51.4 Å². The average Bonchev–Trinajstić information content (AvgIpc) is 2.48. The Bertz CT molecular complexity index is 764. The van der Waals surface area contributed by atoms with Crippen LogP contribution in [0.3, 0.4) is 0 Å². The number of piperidine rings is 1. The Labute approximate surface area is 124 Å². The minimum atomic E-state index is 0.153. The molecule has 110 valence electrons. The highest BCUT2D eigenvalue weighted by atomic mass is 16.1. The minimum absolute atomic E-state index is 0.153. The van der Waals surface area contributed by atoms with E-state index in [1.807, 2.05) is 29.7 Å². The van der Waals surface area contributed by atoms with Gasteiger partial charge in [-0.2, -0.15) is 0 Å². The second kappa shape index (κ2) is 4.67. The van der Waals surface area contributed by atoms with Crippen molar-refractivity contribution in [2.45, 2.75) is 44.7 Å². The van der Waals surface area contributed by atoms with Crippen LogP contribution in [0, 0.1) is 6.92 Å². The molecule has 2 aromatic rings. The largest absolute Gasteiger partial charge is 0.303 e. The highest BCUT2D eigenvalue weighted by molar-refractivity contribution is 5.81. The van der Waals surface area contributed by atoms with E-state index < -0.39 is 0 Å². The van der Waals surface area contributed by atoms with E-state index in [2.05, 4.69) is 11.9 Å². The van der Waals surface area contributed by atoms with Gasteiger partial charge in [0, 0.05) is 18.5 Å². The molecule has 21 heavy (non-hydrogen) atoms. The fraction of sp³-hybridized carbons (Fsp3) is 0.529. The lowest BCUT2D eigenvalue weighted by Gasteiger charge is -2.42. The molecule has 0 spiro atoms. The standard InChI is InChI=1S/C17H21N3O/c1-11-5-3-7-13-15(11)17(21)20-10-8-14-12(16(20)18-13)6-4-9-19(14)2/h3,5,7,12,14H,4,6,8-10H2,1-2H3/t12-,14+/m0/s1. The van der Waals surface area contributed by atoms with Crippen LogP contribution in [0.5, 0.6) is 0 Å². The summed E-state index contributed by atoms with van der Waals surface area (Å²) >= 11 is 0. The highest BCUT2D eigenvalue weighted by Gasteiger charge is 2.36. The summed E-state index contributed by atoms with van der Waals surface area (Å²) in [4.78, 5) is 20.2. The number of aromatic nitrogens is 2. The summed E-state index contributed by atoms with van der Waals surface area (Å²) in [5.41, 5.74) is 2.04. The van der Waals surface area contributed by atoms with Crippen LogP contribution in [-0.4, -0.2) is 34.1 Å². The molecule has 0 saturated carbocycles. The molecular weight excluding hydrogens is 262 g/mol. The lowest BCUT2D eigenvalue weighted by molar-refractivity contribution is 0.123. The molecule has 0 amide bonds. The summed E-state index contributed by atoms with van der Waals surface area (Å²) in [6.07, 6.45) is 3.41. The third-order valence-electron chi connectivity index (χ3n) is 5.26. The second-order valence-corrected chi connectivity index (χ2v) is 6.48. The maximum atomic E-state index is 12.9. The molecule has 1 aromatic heterocycles. The van der Waals surface area contributed by atoms with Gasteiger partial charge in [0.15, 0.2) is 0 Å². The van der Waals surface area contributed by atoms with Gasteiger partial charge in [0.25, 0.3) is 5.56 Å². The van der Waals surface area contributed by atoms with Crippen molar-refractivity contribution in [2.24, 2.45) is 0 Å². The van der Waals surface area contributed by atoms with Gasteiger partial charge in [0.05, 0.1) is 10.9 Å². The van der Waals surface area contributed by atoms with E-state index in [1.54, 1.807) is 0 Å². The number of likely N-dealkylation sites (N-methyl/N-ethyl adjacent to an activating group) is 1. The lowest BCUT2D eigenvalue weighted by atomic mass is 9.84. The first kappa shape index (κ1) is 13.0. The van der Waals surface area contributed by atoms with Crippen molar-refractivity contribution in [1.82, 2.24) is 14.5 Å². The van der Waals surface area contributed by atoms with Gasteiger partial charge in [0.2, 0.25) is 0 Å². The number of benzene rings is 1. The monoisotopic (exact) mass is 283 g/mol. The van der Waals surface area contributed by atoms with Crippen LogP contribution in [0.1, 0.15) is 36.6 Å². The van der Waals surface area contributed by atoms with Crippen LogP contribution in [0.15, 0.2) is 23.0 Å². The fourth-order valence-electron chi connectivity index (χ4n) is 4.16. The highest BCUT2D eigenvalue weighted by Crippen LogP contribution is 2.36. The number of aryl methyl sites for hydroxylation is 1. The summed E-state index contributed by atoms with van der Waals surface area (Å²) in [6.45, 7) is 3.97. The predicted octanol–water partition coefficient (Wildman–Crippen LogP) is 2.29. The topological polar surface area (TPSA) is 38.1 Å². The first-order valence-electron chi connectivity index (χ1n) is 7.87. The molecule has 1 fully saturated rings. The van der Waals surface area contributed by atoms with E-state index in [0.29, 0.717) is 12.0 Å². The molecule has 2 atom stereocenters. The number of rotatable bonds is 0. The van der Waals surface area contributed by atoms with Gasteiger partial charge >= 0.3 is 0 Å². The molecule has 4 heteroatoms. The van der Waals surface area contributed by atoms with Crippen molar-refractivity contribution in [3.8, 4) is 0 Å². The van der Waals surface area contributed by atoms with Crippen LogP contribution in [-0.2, 0) is 6.54 Å². The van der Waals surface area contributed by atoms with E-state index >= 15 is 0 Å². The Balaban J connectivity index is 1.96. The number of hydrogen-bond acceptors (Lipinski definition) is 3. The summed E-state index contributed by atoms with van der Waals surface area (Å²) < 4.78 is 1.94. The maximum absolute atomic E-state index is 12.9. The molecule has 4 rings (SSSR count). The third kappa shape index (κ3) is 1.85. The first-order valence-corrected chi connectivity index (χ1v) is 7.87. The first-order chi connectivity index (χ1) is 10.2. The molecule has 0 unspecified atom stereocenters. The SMILES string of the molecule is Cc1cccc2nc3n(c(=O)c12)CC[C@@H]1[C@@H]3CCCN1C. The average molecular weight is 283 g/mol. The number of likely N-dealkylation sites (tertiary alicyclic amines) is 1. The zero-order valence-electron chi connectivity index (χ0n) is 12.7. The van der Waals surface area contributed by atoms with Crippen molar-refractivity contribution >= 4 is 10.9 Å². The molecule has 4 nitrogen and oxygen atoms in total. The number of nitrogens with zero attached hydrogens (tertiary/aromatic N) is 3. The predicted molar refractivity (Wildman–Crippen MR) is 83.8 cm³/mol. The molecule has 2 aliphatic heterocycles. The molecular formula is C17H21N3O. The number of fused-ring (bicyclic) bond motifs is 4. The van der Waals surface area contributed by atoms with Gasteiger partial charge < -0.3 is 4.90 Å². The number of hydrogen-bond donors (Lipinski definition) is 0. The summed E-state index contributed by atoms with van der Waals surface area (Å²) in [5, 5.41) is 0.795. The normalized spacial score (nSPS) is 25.6. The van der Waals surface area contributed by atoms with Crippen molar-refractivity contribution in [3.05, 3.63) is 39.9 Å². The van der Waals surface area contributed by atoms with Crippen LogP contribution in [0.2, 0.25) is 0 Å². The molecule has 3 heterocycles. The maximum Gasteiger partial charge on any atom is 0.261 e. The van der Waals surface area contributed by atoms with Gasteiger partial charge in [0.1, 0.15) is 5.82 Å². The van der Waals surface area contributed by atoms with Gasteiger partial charge in [-0.3, -0.25) is 9.36 Å². The van der Waals surface area contributed by atoms with Crippen LogP contribution in [0.25, 0.3) is 10.9 Å². The Morgan fingerprint density at radius 3 is 2.95 bits per heavy atom. The van der Waals surface area contributed by atoms with E-state index in [-0.39, 0.29) is 5.56 Å². The van der Waals surface area contributed by atoms with Gasteiger partial charge in [-0.15, -0.1) is 0 Å². The molecule has 0 bridgehead atoms. The molecule has 0 N–H and O–H groups in total.